The lowest BCUT2D eigenvalue weighted by Crippen LogP contribution is -1.99. The number of hydrogen-bond donors (Lipinski definition) is 1. The van der Waals surface area contributed by atoms with E-state index in [2.05, 4.69) is 39.9 Å². The molecule has 0 saturated carbocycles. The molecule has 1 radical (unpaired) electrons. The average molecular weight is 769 g/mol. The van der Waals surface area contributed by atoms with E-state index in [1.54, 1.807) is 30.7 Å². The molecular formula is C40H27BCl3N8O2. The maximum Gasteiger partial charge on any atom is 0.569 e. The summed E-state index contributed by atoms with van der Waals surface area (Å²) in [6, 6.07) is 42.4. The third-order valence-electron chi connectivity index (χ3n) is 7.43. The molecule has 4 aromatic heterocycles. The Bertz CT molecular complexity index is 2350. The fourth-order valence-corrected chi connectivity index (χ4v) is 5.43. The number of rotatable bonds is 7. The van der Waals surface area contributed by atoms with Crippen LogP contribution < -0.4 is 4.65 Å². The Labute approximate surface area is 326 Å². The van der Waals surface area contributed by atoms with Crippen LogP contribution in [0.3, 0.4) is 0 Å². The van der Waals surface area contributed by atoms with Crippen molar-refractivity contribution in [2.24, 2.45) is 0 Å². The number of pyridine rings is 2. The van der Waals surface area contributed by atoms with E-state index in [9.17, 15) is 0 Å². The molecule has 14 heteroatoms. The molecule has 0 fully saturated rings. The van der Waals surface area contributed by atoms with Gasteiger partial charge >= 0.3 is 7.69 Å². The highest BCUT2D eigenvalue weighted by atomic mass is 35.5. The van der Waals surface area contributed by atoms with Crippen molar-refractivity contribution < 1.29 is 9.68 Å². The van der Waals surface area contributed by atoms with Crippen molar-refractivity contribution in [3.05, 3.63) is 174 Å². The van der Waals surface area contributed by atoms with E-state index in [1.807, 2.05) is 128 Å². The number of aromatic nitrogens is 8. The van der Waals surface area contributed by atoms with Gasteiger partial charge in [0.15, 0.2) is 17.5 Å². The van der Waals surface area contributed by atoms with Crippen molar-refractivity contribution in [3.63, 3.8) is 0 Å². The largest absolute Gasteiger partial charge is 0.569 e. The summed E-state index contributed by atoms with van der Waals surface area (Å²) in [5, 5.41) is 8.83. The Hall–Kier alpha value is -6.11. The molecule has 0 saturated heterocycles. The van der Waals surface area contributed by atoms with Gasteiger partial charge in [-0.3, -0.25) is 9.97 Å². The van der Waals surface area contributed by atoms with E-state index < -0.39 is 0 Å². The van der Waals surface area contributed by atoms with Crippen LogP contribution in [0.4, 0.5) is 0 Å². The monoisotopic (exact) mass is 767 g/mol. The first-order valence-electron chi connectivity index (χ1n) is 16.2. The Morgan fingerprint density at radius 2 is 0.759 bits per heavy atom. The molecule has 10 nitrogen and oxygen atoms in total. The Morgan fingerprint density at radius 1 is 0.389 bits per heavy atom. The zero-order valence-electron chi connectivity index (χ0n) is 28.2. The molecule has 0 unspecified atom stereocenters. The van der Waals surface area contributed by atoms with Gasteiger partial charge in [-0.1, -0.05) is 109 Å². The van der Waals surface area contributed by atoms with Crippen LogP contribution in [0.1, 0.15) is 0 Å². The predicted molar refractivity (Wildman–Crippen MR) is 212 cm³/mol. The predicted octanol–water partition coefficient (Wildman–Crippen LogP) is 9.42. The lowest BCUT2D eigenvalue weighted by atomic mass is 10.1. The number of nitrogens with zero attached hydrogens (tertiary/aromatic N) is 8. The molecule has 4 aromatic carbocycles. The molecule has 1 N–H and O–H groups in total. The summed E-state index contributed by atoms with van der Waals surface area (Å²) in [5.41, 5.74) is 6.91. The van der Waals surface area contributed by atoms with Crippen molar-refractivity contribution >= 4 is 42.5 Å². The molecule has 0 aliphatic heterocycles. The molecule has 0 spiro atoms. The molecule has 0 bridgehead atoms. The highest BCUT2D eigenvalue weighted by molar-refractivity contribution is 6.31. The summed E-state index contributed by atoms with van der Waals surface area (Å²) in [4.78, 5) is 32.8. The summed E-state index contributed by atoms with van der Waals surface area (Å²) < 4.78 is 4.81. The molecule has 263 valence electrons. The van der Waals surface area contributed by atoms with Gasteiger partial charge in [-0.15, -0.1) is 0 Å². The summed E-state index contributed by atoms with van der Waals surface area (Å²) in [5.74, 6) is 2.20. The van der Waals surface area contributed by atoms with Crippen molar-refractivity contribution in [1.82, 2.24) is 39.9 Å². The molecule has 8 rings (SSSR count). The lowest BCUT2D eigenvalue weighted by Gasteiger charge is -2.06. The van der Waals surface area contributed by atoms with Gasteiger partial charge in [0.25, 0.3) is 0 Å². The molecule has 0 atom stereocenters. The van der Waals surface area contributed by atoms with Gasteiger partial charge in [-0.25, -0.2) is 4.98 Å². The minimum Gasteiger partial charge on any atom is -0.537 e. The van der Waals surface area contributed by atoms with Gasteiger partial charge in [0.05, 0.1) is 0 Å². The fourth-order valence-electron chi connectivity index (χ4n) is 4.90. The van der Waals surface area contributed by atoms with E-state index in [0.29, 0.717) is 30.9 Å². The van der Waals surface area contributed by atoms with E-state index in [1.165, 1.54) is 0 Å². The van der Waals surface area contributed by atoms with Crippen molar-refractivity contribution in [1.29, 1.82) is 0 Å². The van der Waals surface area contributed by atoms with Crippen LogP contribution in [-0.2, 0) is 0 Å². The van der Waals surface area contributed by atoms with Crippen LogP contribution in [-0.4, -0.2) is 52.6 Å². The van der Waals surface area contributed by atoms with Crippen LogP contribution in [0.2, 0.25) is 15.9 Å². The molecule has 0 amide bonds. The van der Waals surface area contributed by atoms with Crippen LogP contribution >= 0.6 is 34.8 Å². The number of benzene rings is 4. The van der Waals surface area contributed by atoms with Gasteiger partial charge in [-0.2, -0.15) is 24.9 Å². The van der Waals surface area contributed by atoms with Crippen LogP contribution in [0.5, 0.6) is 5.75 Å². The van der Waals surface area contributed by atoms with Gasteiger partial charge < -0.3 is 9.68 Å². The third-order valence-corrected chi connectivity index (χ3v) is 7.94. The Morgan fingerprint density at radius 3 is 1.19 bits per heavy atom. The first-order valence-corrected chi connectivity index (χ1v) is 17.3. The maximum atomic E-state index is 8.45. The lowest BCUT2D eigenvalue weighted by molar-refractivity contribution is 0.454. The van der Waals surface area contributed by atoms with E-state index in [0.717, 1.165) is 38.9 Å². The second-order valence-electron chi connectivity index (χ2n) is 11.0. The standard InChI is InChI=1S/C20H13ClN4.C11H9BNO2.C9H5Cl2N3/c21-20-24-18(15-5-2-1-3-6-15)23-19(25-20)16-10-8-14(9-11-16)17-7-4-12-22-13-17;14-12-15-11-5-3-9(4-6-11)10-2-1-7-13-8-10;10-8-12-7(13-9(11)14-8)6-4-2-1-3-5-6/h1-13H;1-8,14H;1-5H. The van der Waals surface area contributed by atoms with Gasteiger partial charge in [0.2, 0.25) is 15.9 Å². The maximum absolute atomic E-state index is 8.45. The number of hydrogen-bond acceptors (Lipinski definition) is 10. The highest BCUT2D eigenvalue weighted by Gasteiger charge is 2.10. The first-order chi connectivity index (χ1) is 26.4. The molecule has 0 aliphatic rings. The van der Waals surface area contributed by atoms with Crippen molar-refractivity contribution in [3.8, 4) is 62.2 Å². The minimum atomic E-state index is 0.101. The summed E-state index contributed by atoms with van der Waals surface area (Å²) in [6.07, 6.45) is 7.13. The molecule has 54 heavy (non-hydrogen) atoms. The van der Waals surface area contributed by atoms with Crippen molar-refractivity contribution in [2.75, 3.05) is 0 Å². The van der Waals surface area contributed by atoms with Crippen LogP contribution in [0, 0.1) is 0 Å². The SMILES string of the molecule is Clc1nc(-c2ccccc2)nc(-c2ccc(-c3cccnc3)cc2)n1.Clc1nc(Cl)nc(-c2ccccc2)n1.O[B]Oc1ccc(-c2cccnc2)cc1. The zero-order chi connectivity index (χ0) is 37.5. The number of halogens is 3. The molecular weight excluding hydrogens is 742 g/mol. The topological polar surface area (TPSA) is 133 Å². The van der Waals surface area contributed by atoms with Gasteiger partial charge in [0.1, 0.15) is 5.75 Å². The van der Waals surface area contributed by atoms with E-state index in [4.69, 9.17) is 44.5 Å². The molecule has 4 heterocycles. The van der Waals surface area contributed by atoms with Gasteiger partial charge in [0, 0.05) is 41.5 Å². The average Bonchev–Trinajstić information content (AvgIpc) is 3.22. The van der Waals surface area contributed by atoms with Crippen molar-refractivity contribution in [2.45, 2.75) is 0 Å². The van der Waals surface area contributed by atoms with Crippen LogP contribution in [0.15, 0.2) is 158 Å². The second kappa shape index (κ2) is 19.1. The van der Waals surface area contributed by atoms with E-state index in [-0.39, 0.29) is 15.9 Å². The first kappa shape index (κ1) is 37.6. The van der Waals surface area contributed by atoms with E-state index >= 15 is 0 Å². The normalized spacial score (nSPS) is 10.2. The molecule has 0 aliphatic carbocycles. The second-order valence-corrected chi connectivity index (χ2v) is 12.0. The van der Waals surface area contributed by atoms with Gasteiger partial charge in [-0.05, 0) is 81.3 Å². The summed E-state index contributed by atoms with van der Waals surface area (Å²) >= 11 is 17.4. The minimum absolute atomic E-state index is 0.101. The zero-order valence-corrected chi connectivity index (χ0v) is 30.4. The Balaban J connectivity index is 0.000000148. The van der Waals surface area contributed by atoms with Crippen LogP contribution in [0.25, 0.3) is 56.4 Å². The Kier molecular flexibility index (Phi) is 13.3. The smallest absolute Gasteiger partial charge is 0.537 e. The fraction of sp³-hybridized carbons (Fsp3) is 0. The highest BCUT2D eigenvalue weighted by Crippen LogP contribution is 2.25. The third kappa shape index (κ3) is 10.7. The summed E-state index contributed by atoms with van der Waals surface area (Å²) in [6.45, 7) is 0. The molecule has 8 aromatic rings. The quantitative estimate of drug-likeness (QED) is 0.156. The summed E-state index contributed by atoms with van der Waals surface area (Å²) in [7, 11) is 0.666.